The van der Waals surface area contributed by atoms with E-state index in [0.717, 1.165) is 22.3 Å². The topological polar surface area (TPSA) is 40.5 Å². The van der Waals surface area contributed by atoms with Crippen LogP contribution in [0.15, 0.2) is 54.6 Å². The Kier molecular flexibility index (Phi) is 4.54. The zero-order valence-electron chi connectivity index (χ0n) is 15.2. The molecule has 0 bridgehead atoms. The number of hydrogen-bond acceptors (Lipinski definition) is 2. The van der Waals surface area contributed by atoms with E-state index < -0.39 is 0 Å². The molecule has 25 heavy (non-hydrogen) atoms. The molecular weight excluding hydrogens is 308 g/mol. The van der Waals surface area contributed by atoms with Gasteiger partial charge in [0.1, 0.15) is 11.5 Å². The van der Waals surface area contributed by atoms with Gasteiger partial charge in [-0.1, -0.05) is 53.6 Å². The number of rotatable bonds is 3. The Labute approximate surface area is 149 Å². The number of hydrogen-bond donors (Lipinski definition) is 2. The van der Waals surface area contributed by atoms with E-state index in [9.17, 15) is 10.2 Å². The van der Waals surface area contributed by atoms with Gasteiger partial charge in [0.05, 0.1) is 0 Å². The SMILES string of the molecule is Cc1cc(C)cc(C(c2ccc(O)cc2)c2cc(C)c(O)c(C)c2)c1. The number of aryl methyl sites for hydroxylation is 4. The predicted octanol–water partition coefficient (Wildman–Crippen LogP) is 5.51. The predicted molar refractivity (Wildman–Crippen MR) is 103 cm³/mol. The number of phenolic OH excluding ortho intramolecular Hbond substituents is 2. The van der Waals surface area contributed by atoms with E-state index in [2.05, 4.69) is 44.2 Å². The van der Waals surface area contributed by atoms with Crippen LogP contribution in [-0.4, -0.2) is 10.2 Å². The van der Waals surface area contributed by atoms with Crippen molar-refractivity contribution in [3.05, 3.63) is 93.5 Å². The monoisotopic (exact) mass is 332 g/mol. The van der Waals surface area contributed by atoms with Crippen molar-refractivity contribution in [2.45, 2.75) is 33.6 Å². The third kappa shape index (κ3) is 3.53. The lowest BCUT2D eigenvalue weighted by molar-refractivity contribution is 0.466. The molecule has 2 nitrogen and oxygen atoms in total. The third-order valence-electron chi connectivity index (χ3n) is 4.65. The molecule has 0 radical (unpaired) electrons. The van der Waals surface area contributed by atoms with Crippen LogP contribution >= 0.6 is 0 Å². The van der Waals surface area contributed by atoms with Gasteiger partial charge in [-0.25, -0.2) is 0 Å². The summed E-state index contributed by atoms with van der Waals surface area (Å²) in [5.74, 6) is 0.673. The second-order valence-corrected chi connectivity index (χ2v) is 6.95. The smallest absolute Gasteiger partial charge is 0.121 e. The summed E-state index contributed by atoms with van der Waals surface area (Å²) in [7, 11) is 0. The lowest BCUT2D eigenvalue weighted by atomic mass is 9.82. The van der Waals surface area contributed by atoms with Crippen LogP contribution in [0, 0.1) is 27.7 Å². The van der Waals surface area contributed by atoms with Gasteiger partial charge in [-0.3, -0.25) is 0 Å². The number of aromatic hydroxyl groups is 2. The Balaban J connectivity index is 2.23. The molecule has 3 aromatic rings. The molecule has 0 aliphatic heterocycles. The minimum Gasteiger partial charge on any atom is -0.508 e. The van der Waals surface area contributed by atoms with Gasteiger partial charge in [0.25, 0.3) is 0 Å². The average Bonchev–Trinajstić information content (AvgIpc) is 2.54. The highest BCUT2D eigenvalue weighted by atomic mass is 16.3. The first-order chi connectivity index (χ1) is 11.8. The fourth-order valence-electron chi connectivity index (χ4n) is 3.58. The first kappa shape index (κ1) is 17.1. The van der Waals surface area contributed by atoms with Gasteiger partial charge in [0, 0.05) is 5.92 Å². The van der Waals surface area contributed by atoms with E-state index in [1.165, 1.54) is 16.7 Å². The zero-order chi connectivity index (χ0) is 18.1. The zero-order valence-corrected chi connectivity index (χ0v) is 15.2. The highest BCUT2D eigenvalue weighted by Crippen LogP contribution is 2.36. The molecule has 128 valence electrons. The Morgan fingerprint density at radius 1 is 0.600 bits per heavy atom. The highest BCUT2D eigenvalue weighted by molar-refractivity contribution is 5.51. The molecule has 1 unspecified atom stereocenters. The quantitative estimate of drug-likeness (QED) is 0.621. The minimum absolute atomic E-state index is 0.0530. The largest absolute Gasteiger partial charge is 0.508 e. The van der Waals surface area contributed by atoms with E-state index in [0.29, 0.717) is 5.75 Å². The second-order valence-electron chi connectivity index (χ2n) is 6.95. The average molecular weight is 332 g/mol. The summed E-state index contributed by atoms with van der Waals surface area (Å²) in [6, 6.07) is 18.1. The van der Waals surface area contributed by atoms with Gasteiger partial charge in [0.15, 0.2) is 0 Å². The Hall–Kier alpha value is -2.74. The Morgan fingerprint density at radius 2 is 1.08 bits per heavy atom. The molecule has 0 aliphatic carbocycles. The summed E-state index contributed by atoms with van der Waals surface area (Å²) in [6.07, 6.45) is 0. The van der Waals surface area contributed by atoms with Crippen molar-refractivity contribution in [3.63, 3.8) is 0 Å². The van der Waals surface area contributed by atoms with E-state index in [4.69, 9.17) is 0 Å². The molecule has 0 aliphatic rings. The first-order valence-electron chi connectivity index (χ1n) is 8.52. The Bertz CT molecular complexity index is 865. The van der Waals surface area contributed by atoms with Gasteiger partial charge in [-0.2, -0.15) is 0 Å². The molecule has 2 N–H and O–H groups in total. The molecule has 0 saturated heterocycles. The fourth-order valence-corrected chi connectivity index (χ4v) is 3.58. The van der Waals surface area contributed by atoms with Crippen molar-refractivity contribution in [1.29, 1.82) is 0 Å². The van der Waals surface area contributed by atoms with Gasteiger partial charge in [-0.15, -0.1) is 0 Å². The molecular formula is C23H24O2. The van der Waals surface area contributed by atoms with E-state index >= 15 is 0 Å². The van der Waals surface area contributed by atoms with Crippen molar-refractivity contribution in [1.82, 2.24) is 0 Å². The summed E-state index contributed by atoms with van der Waals surface area (Å²) in [5.41, 5.74) is 7.69. The maximum absolute atomic E-state index is 10.1. The summed E-state index contributed by atoms with van der Waals surface area (Å²) >= 11 is 0. The van der Waals surface area contributed by atoms with Crippen molar-refractivity contribution >= 4 is 0 Å². The van der Waals surface area contributed by atoms with E-state index in [1.54, 1.807) is 12.1 Å². The van der Waals surface area contributed by atoms with Crippen LogP contribution < -0.4 is 0 Å². The highest BCUT2D eigenvalue weighted by Gasteiger charge is 2.19. The van der Waals surface area contributed by atoms with Crippen LogP contribution in [0.1, 0.15) is 44.9 Å². The van der Waals surface area contributed by atoms with E-state index in [1.807, 2.05) is 26.0 Å². The van der Waals surface area contributed by atoms with Crippen molar-refractivity contribution < 1.29 is 10.2 Å². The molecule has 0 spiro atoms. The standard InChI is InChI=1S/C23H24O2/c1-14-9-15(2)11-19(10-14)22(18-5-7-21(24)8-6-18)20-12-16(3)23(25)17(4)13-20/h5-13,22,24-25H,1-4H3. The molecule has 3 aromatic carbocycles. The summed E-state index contributed by atoms with van der Waals surface area (Å²) in [5, 5.41) is 19.8. The molecule has 0 amide bonds. The Morgan fingerprint density at radius 3 is 1.60 bits per heavy atom. The van der Waals surface area contributed by atoms with Crippen LogP contribution in [0.3, 0.4) is 0 Å². The number of phenols is 2. The van der Waals surface area contributed by atoms with Gasteiger partial charge < -0.3 is 10.2 Å². The lowest BCUT2D eigenvalue weighted by Gasteiger charge is -2.22. The van der Waals surface area contributed by atoms with E-state index in [-0.39, 0.29) is 11.7 Å². The van der Waals surface area contributed by atoms with Crippen LogP contribution in [0.25, 0.3) is 0 Å². The normalized spacial score (nSPS) is 12.2. The molecule has 3 rings (SSSR count). The minimum atomic E-state index is 0.0530. The maximum Gasteiger partial charge on any atom is 0.121 e. The van der Waals surface area contributed by atoms with Crippen molar-refractivity contribution in [2.75, 3.05) is 0 Å². The summed E-state index contributed by atoms with van der Waals surface area (Å²) in [4.78, 5) is 0. The molecule has 0 saturated carbocycles. The molecule has 0 aromatic heterocycles. The molecule has 0 fully saturated rings. The van der Waals surface area contributed by atoms with Crippen LogP contribution in [0.5, 0.6) is 11.5 Å². The number of benzene rings is 3. The lowest BCUT2D eigenvalue weighted by Crippen LogP contribution is -2.05. The van der Waals surface area contributed by atoms with Gasteiger partial charge >= 0.3 is 0 Å². The van der Waals surface area contributed by atoms with Gasteiger partial charge in [-0.05, 0) is 67.6 Å². The van der Waals surface area contributed by atoms with Crippen molar-refractivity contribution in [3.8, 4) is 11.5 Å². The fraction of sp³-hybridized carbons (Fsp3) is 0.217. The second kappa shape index (κ2) is 6.64. The molecule has 1 atom stereocenters. The van der Waals surface area contributed by atoms with Gasteiger partial charge in [0.2, 0.25) is 0 Å². The van der Waals surface area contributed by atoms with Crippen LogP contribution in [0.4, 0.5) is 0 Å². The maximum atomic E-state index is 10.1. The summed E-state index contributed by atoms with van der Waals surface area (Å²) in [6.45, 7) is 8.08. The third-order valence-corrected chi connectivity index (χ3v) is 4.65. The van der Waals surface area contributed by atoms with Crippen molar-refractivity contribution in [2.24, 2.45) is 0 Å². The molecule has 0 heterocycles. The molecule has 2 heteroatoms. The van der Waals surface area contributed by atoms with Crippen LogP contribution in [0.2, 0.25) is 0 Å². The van der Waals surface area contributed by atoms with Crippen LogP contribution in [-0.2, 0) is 0 Å². The first-order valence-corrected chi connectivity index (χ1v) is 8.52. The summed E-state index contributed by atoms with van der Waals surface area (Å²) < 4.78 is 0.